The van der Waals surface area contributed by atoms with Crippen molar-refractivity contribution in [2.24, 2.45) is 13.0 Å². The smallest absolute Gasteiger partial charge is 0.255 e. The minimum Gasteiger partial charge on any atom is -0.322 e. The molecule has 0 saturated carbocycles. The Hall–Kier alpha value is -3.22. The minimum absolute atomic E-state index is 0.209. The lowest BCUT2D eigenvalue weighted by Crippen LogP contribution is -2.22. The van der Waals surface area contributed by atoms with Crippen LogP contribution in [0.2, 0.25) is 0 Å². The number of rotatable bonds is 4. The molecule has 1 aliphatic rings. The molecule has 0 aliphatic carbocycles. The highest BCUT2D eigenvalue weighted by Gasteiger charge is 2.30. The zero-order valence-corrected chi connectivity index (χ0v) is 13.6. The number of hydrogen-bond donors (Lipinski definition) is 2. The van der Waals surface area contributed by atoms with Crippen LogP contribution in [0.4, 0.5) is 5.69 Å². The quantitative estimate of drug-likeness (QED) is 0.807. The summed E-state index contributed by atoms with van der Waals surface area (Å²) in [7, 11) is 1.61. The summed E-state index contributed by atoms with van der Waals surface area (Å²) in [6.07, 6.45) is 2.22. The van der Waals surface area contributed by atoms with Crippen molar-refractivity contribution in [1.82, 2.24) is 9.88 Å². The largest absolute Gasteiger partial charge is 0.322 e. The van der Waals surface area contributed by atoms with Gasteiger partial charge in [0.25, 0.3) is 11.5 Å². The average molecular weight is 339 g/mol. The summed E-state index contributed by atoms with van der Waals surface area (Å²) >= 11 is 0. The van der Waals surface area contributed by atoms with Crippen LogP contribution in [0.5, 0.6) is 0 Å². The number of pyridine rings is 1. The first-order valence-electron chi connectivity index (χ1n) is 7.83. The Morgan fingerprint density at radius 2 is 1.92 bits per heavy atom. The normalized spacial score (nSPS) is 16.6. The van der Waals surface area contributed by atoms with E-state index in [9.17, 15) is 19.2 Å². The summed E-state index contributed by atoms with van der Waals surface area (Å²) in [6, 6.07) is 9.90. The van der Waals surface area contributed by atoms with E-state index in [0.29, 0.717) is 12.1 Å². The SMILES string of the molecule is Cn1ccc(C(=O)Nc2ccc(CC3CC(=O)NC3=O)cc2)cc1=O. The van der Waals surface area contributed by atoms with Gasteiger partial charge in [0.05, 0.1) is 5.92 Å². The number of imide groups is 1. The number of benzene rings is 1. The van der Waals surface area contributed by atoms with Crippen molar-refractivity contribution in [3.05, 3.63) is 64.1 Å². The van der Waals surface area contributed by atoms with Crippen molar-refractivity contribution >= 4 is 23.4 Å². The second-order valence-electron chi connectivity index (χ2n) is 6.03. The molecule has 1 saturated heterocycles. The molecule has 2 heterocycles. The van der Waals surface area contributed by atoms with Crippen LogP contribution in [0.3, 0.4) is 0 Å². The predicted molar refractivity (Wildman–Crippen MR) is 91.0 cm³/mol. The van der Waals surface area contributed by atoms with E-state index < -0.39 is 0 Å². The number of hydrogen-bond acceptors (Lipinski definition) is 4. The van der Waals surface area contributed by atoms with Crippen molar-refractivity contribution in [3.63, 3.8) is 0 Å². The molecule has 7 nitrogen and oxygen atoms in total. The van der Waals surface area contributed by atoms with Crippen LogP contribution in [0.25, 0.3) is 0 Å². The Morgan fingerprint density at radius 3 is 2.52 bits per heavy atom. The first kappa shape index (κ1) is 16.6. The maximum atomic E-state index is 12.2. The lowest BCUT2D eigenvalue weighted by atomic mass is 9.98. The van der Waals surface area contributed by atoms with E-state index in [0.717, 1.165) is 5.56 Å². The summed E-state index contributed by atoms with van der Waals surface area (Å²) in [6.45, 7) is 0. The van der Waals surface area contributed by atoms with Crippen LogP contribution in [0, 0.1) is 5.92 Å². The summed E-state index contributed by atoms with van der Waals surface area (Å²) in [4.78, 5) is 46.6. The van der Waals surface area contributed by atoms with Crippen LogP contribution in [0.1, 0.15) is 22.3 Å². The van der Waals surface area contributed by atoms with Crippen molar-refractivity contribution < 1.29 is 14.4 Å². The van der Waals surface area contributed by atoms with E-state index in [1.165, 1.54) is 16.8 Å². The molecular formula is C18H17N3O4. The maximum absolute atomic E-state index is 12.2. The van der Waals surface area contributed by atoms with E-state index in [2.05, 4.69) is 10.6 Å². The molecule has 25 heavy (non-hydrogen) atoms. The molecule has 2 N–H and O–H groups in total. The number of nitrogens with zero attached hydrogens (tertiary/aromatic N) is 1. The third-order valence-corrected chi connectivity index (χ3v) is 4.13. The van der Waals surface area contributed by atoms with Crippen molar-refractivity contribution in [1.29, 1.82) is 0 Å². The maximum Gasteiger partial charge on any atom is 0.255 e. The molecule has 1 aromatic heterocycles. The van der Waals surface area contributed by atoms with Crippen LogP contribution in [-0.2, 0) is 23.1 Å². The first-order chi connectivity index (χ1) is 11.9. The van der Waals surface area contributed by atoms with Gasteiger partial charge in [-0.2, -0.15) is 0 Å². The zero-order chi connectivity index (χ0) is 18.0. The van der Waals surface area contributed by atoms with E-state index in [1.807, 2.05) is 0 Å². The van der Waals surface area contributed by atoms with Crippen molar-refractivity contribution in [3.8, 4) is 0 Å². The van der Waals surface area contributed by atoms with Crippen LogP contribution in [0.15, 0.2) is 47.4 Å². The van der Waals surface area contributed by atoms with Gasteiger partial charge in [0, 0.05) is 37.0 Å². The molecule has 1 unspecified atom stereocenters. The predicted octanol–water partition coefficient (Wildman–Crippen LogP) is 0.843. The van der Waals surface area contributed by atoms with Gasteiger partial charge in [-0.3, -0.25) is 24.5 Å². The second-order valence-corrected chi connectivity index (χ2v) is 6.03. The Balaban J connectivity index is 1.65. The van der Waals surface area contributed by atoms with Gasteiger partial charge in [-0.25, -0.2) is 0 Å². The van der Waals surface area contributed by atoms with Gasteiger partial charge in [0.15, 0.2) is 0 Å². The molecule has 3 amide bonds. The number of carbonyl (C=O) groups excluding carboxylic acids is 3. The summed E-state index contributed by atoms with van der Waals surface area (Å²) in [5.41, 5.74) is 1.52. The van der Waals surface area contributed by atoms with Crippen LogP contribution >= 0.6 is 0 Å². The standard InChI is InChI=1S/C18H17N3O4/c1-21-7-6-12(10-16(21)23)17(24)19-14-4-2-11(3-5-14)8-13-9-15(22)20-18(13)25/h2-7,10,13H,8-9H2,1H3,(H,19,24)(H,20,22,25). The fourth-order valence-corrected chi connectivity index (χ4v) is 2.67. The van der Waals surface area contributed by atoms with Crippen molar-refractivity contribution in [2.45, 2.75) is 12.8 Å². The highest BCUT2D eigenvalue weighted by Crippen LogP contribution is 2.19. The average Bonchev–Trinajstić information content (AvgIpc) is 2.89. The Labute approximate surface area is 143 Å². The third-order valence-electron chi connectivity index (χ3n) is 4.13. The molecule has 2 aromatic rings. The Kier molecular flexibility index (Phi) is 4.47. The van der Waals surface area contributed by atoms with E-state index in [4.69, 9.17) is 0 Å². The van der Waals surface area contributed by atoms with Gasteiger partial charge in [0.2, 0.25) is 11.8 Å². The molecule has 128 valence electrons. The molecule has 1 aliphatic heterocycles. The van der Waals surface area contributed by atoms with Gasteiger partial charge in [0.1, 0.15) is 0 Å². The first-order valence-corrected chi connectivity index (χ1v) is 7.83. The van der Waals surface area contributed by atoms with Gasteiger partial charge in [-0.05, 0) is 30.2 Å². The number of aryl methyl sites for hydroxylation is 1. The minimum atomic E-state index is -0.369. The lowest BCUT2D eigenvalue weighted by molar-refractivity contribution is -0.125. The zero-order valence-electron chi connectivity index (χ0n) is 13.6. The van der Waals surface area contributed by atoms with Gasteiger partial charge < -0.3 is 9.88 Å². The molecule has 0 bridgehead atoms. The van der Waals surface area contributed by atoms with Gasteiger partial charge in [-0.1, -0.05) is 12.1 Å². The summed E-state index contributed by atoms with van der Waals surface area (Å²) in [5.74, 6) is -1.19. The lowest BCUT2D eigenvalue weighted by Gasteiger charge is -2.09. The molecule has 1 aromatic carbocycles. The topological polar surface area (TPSA) is 97.3 Å². The van der Waals surface area contributed by atoms with Crippen LogP contribution < -0.4 is 16.2 Å². The van der Waals surface area contributed by atoms with Crippen LogP contribution in [-0.4, -0.2) is 22.3 Å². The number of carbonyl (C=O) groups is 3. The summed E-state index contributed by atoms with van der Waals surface area (Å²) < 4.78 is 1.38. The van der Waals surface area contributed by atoms with Gasteiger partial charge >= 0.3 is 0 Å². The number of nitrogens with one attached hydrogen (secondary N) is 2. The molecular weight excluding hydrogens is 322 g/mol. The van der Waals surface area contributed by atoms with E-state index in [1.54, 1.807) is 37.4 Å². The number of amides is 3. The fourth-order valence-electron chi connectivity index (χ4n) is 2.67. The molecule has 1 atom stereocenters. The molecule has 0 radical (unpaired) electrons. The molecule has 7 heteroatoms. The van der Waals surface area contributed by atoms with E-state index >= 15 is 0 Å². The summed E-state index contributed by atoms with van der Waals surface area (Å²) in [5, 5.41) is 5.01. The molecule has 3 rings (SSSR count). The Morgan fingerprint density at radius 1 is 1.20 bits per heavy atom. The fraction of sp³-hybridized carbons (Fsp3) is 0.222. The third kappa shape index (κ3) is 3.82. The highest BCUT2D eigenvalue weighted by molar-refractivity contribution is 6.04. The molecule has 1 fully saturated rings. The van der Waals surface area contributed by atoms with Gasteiger partial charge in [-0.15, -0.1) is 0 Å². The number of aromatic nitrogens is 1. The second kappa shape index (κ2) is 6.72. The molecule has 0 spiro atoms. The van der Waals surface area contributed by atoms with E-state index in [-0.39, 0.29) is 41.2 Å². The number of anilines is 1. The monoisotopic (exact) mass is 339 g/mol. The Bertz CT molecular complexity index is 899. The van der Waals surface area contributed by atoms with Crippen molar-refractivity contribution in [2.75, 3.05) is 5.32 Å². The highest BCUT2D eigenvalue weighted by atomic mass is 16.2.